The molecule has 2 N–H and O–H groups in total. The third-order valence-electron chi connectivity index (χ3n) is 3.11. The Morgan fingerprint density at radius 1 is 1.39 bits per heavy atom. The predicted octanol–water partition coefficient (Wildman–Crippen LogP) is 2.71. The summed E-state index contributed by atoms with van der Waals surface area (Å²) in [5, 5.41) is 6.40. The number of hydrogen-bond acceptors (Lipinski definition) is 2. The predicted molar refractivity (Wildman–Crippen MR) is 74.6 cm³/mol. The third-order valence-corrected chi connectivity index (χ3v) is 3.11. The topological polar surface area (TPSA) is 41.1 Å². The van der Waals surface area contributed by atoms with E-state index in [1.165, 1.54) is 11.1 Å². The summed E-state index contributed by atoms with van der Waals surface area (Å²) in [6.07, 6.45) is 1.59. The normalized spacial score (nSPS) is 15.1. The van der Waals surface area contributed by atoms with Crippen LogP contribution in [0, 0.1) is 5.41 Å². The Kier molecular flexibility index (Phi) is 3.71. The zero-order valence-electron chi connectivity index (χ0n) is 11.5. The lowest BCUT2D eigenvalue weighted by Gasteiger charge is -2.22. The number of fused-ring (bicyclic) bond motifs is 1. The summed E-state index contributed by atoms with van der Waals surface area (Å²) in [6.45, 7) is 8.10. The van der Waals surface area contributed by atoms with Gasteiger partial charge in [0.2, 0.25) is 5.91 Å². The smallest absolute Gasteiger partial charge is 0.224 e. The first-order chi connectivity index (χ1) is 8.46. The van der Waals surface area contributed by atoms with E-state index in [2.05, 4.69) is 37.5 Å². The second-order valence-corrected chi connectivity index (χ2v) is 6.16. The van der Waals surface area contributed by atoms with Crippen LogP contribution in [0.25, 0.3) is 0 Å². The lowest BCUT2D eigenvalue weighted by molar-refractivity contribution is -0.117. The lowest BCUT2D eigenvalue weighted by atomic mass is 9.91. The van der Waals surface area contributed by atoms with Crippen molar-refractivity contribution in [2.75, 3.05) is 11.9 Å². The number of amides is 1. The Morgan fingerprint density at radius 3 is 2.89 bits per heavy atom. The minimum absolute atomic E-state index is 0.0250. The van der Waals surface area contributed by atoms with Gasteiger partial charge in [0, 0.05) is 18.7 Å². The van der Waals surface area contributed by atoms with Crippen LogP contribution in [0.5, 0.6) is 0 Å². The van der Waals surface area contributed by atoms with Crippen molar-refractivity contribution in [3.63, 3.8) is 0 Å². The quantitative estimate of drug-likeness (QED) is 0.842. The van der Waals surface area contributed by atoms with Crippen molar-refractivity contribution in [2.45, 2.75) is 40.2 Å². The first-order valence-corrected chi connectivity index (χ1v) is 6.57. The van der Waals surface area contributed by atoms with Crippen LogP contribution in [0.3, 0.4) is 0 Å². The van der Waals surface area contributed by atoms with E-state index in [4.69, 9.17) is 0 Å². The highest BCUT2D eigenvalue weighted by atomic mass is 16.1. The van der Waals surface area contributed by atoms with Crippen LogP contribution in [0.4, 0.5) is 5.69 Å². The molecule has 0 fully saturated rings. The monoisotopic (exact) mass is 246 g/mol. The van der Waals surface area contributed by atoms with Crippen molar-refractivity contribution in [1.82, 2.24) is 5.32 Å². The second kappa shape index (κ2) is 5.11. The molecule has 2 rings (SSSR count). The van der Waals surface area contributed by atoms with Crippen molar-refractivity contribution >= 4 is 11.6 Å². The van der Waals surface area contributed by atoms with E-state index in [1.54, 1.807) is 0 Å². The molecular formula is C15H22N2O. The molecule has 0 aromatic heterocycles. The van der Waals surface area contributed by atoms with E-state index in [9.17, 15) is 4.79 Å². The molecule has 0 aliphatic carbocycles. The average Bonchev–Trinajstić information content (AvgIpc) is 2.27. The van der Waals surface area contributed by atoms with E-state index >= 15 is 0 Å². The van der Waals surface area contributed by atoms with Crippen LogP contribution in [0.1, 0.15) is 38.3 Å². The van der Waals surface area contributed by atoms with Gasteiger partial charge in [0.05, 0.1) is 0 Å². The van der Waals surface area contributed by atoms with Gasteiger partial charge in [-0.3, -0.25) is 4.79 Å². The number of carbonyl (C=O) groups is 1. The molecule has 1 aromatic rings. The van der Waals surface area contributed by atoms with Crippen LogP contribution < -0.4 is 10.6 Å². The van der Waals surface area contributed by atoms with E-state index < -0.39 is 0 Å². The molecule has 0 atom stereocenters. The molecule has 1 aromatic carbocycles. The van der Waals surface area contributed by atoms with Gasteiger partial charge in [-0.05, 0) is 35.6 Å². The summed E-state index contributed by atoms with van der Waals surface area (Å²) < 4.78 is 0. The van der Waals surface area contributed by atoms with Crippen molar-refractivity contribution in [3.05, 3.63) is 29.3 Å². The van der Waals surface area contributed by atoms with E-state index in [0.29, 0.717) is 6.42 Å². The van der Waals surface area contributed by atoms with Gasteiger partial charge in [0.15, 0.2) is 0 Å². The molecule has 0 spiro atoms. The molecule has 0 radical (unpaired) electrons. The van der Waals surface area contributed by atoms with Crippen molar-refractivity contribution < 1.29 is 4.79 Å². The fourth-order valence-corrected chi connectivity index (χ4v) is 2.31. The zero-order chi connectivity index (χ0) is 13.2. The van der Waals surface area contributed by atoms with Crippen LogP contribution in [-0.4, -0.2) is 12.5 Å². The van der Waals surface area contributed by atoms with E-state index in [0.717, 1.165) is 25.2 Å². The number of hydrogen-bond donors (Lipinski definition) is 2. The standard InChI is InChI=1S/C15H22N2O/c1-15(2,3)9-14(18)17-13-6-4-5-11-7-8-16-10-12(11)13/h4-6,16H,7-10H2,1-3H3,(H,17,18). The molecule has 3 nitrogen and oxygen atoms in total. The average molecular weight is 246 g/mol. The first-order valence-electron chi connectivity index (χ1n) is 6.57. The van der Waals surface area contributed by atoms with Crippen LogP contribution >= 0.6 is 0 Å². The van der Waals surface area contributed by atoms with E-state index in [1.807, 2.05) is 12.1 Å². The van der Waals surface area contributed by atoms with Gasteiger partial charge in [-0.1, -0.05) is 32.9 Å². The van der Waals surface area contributed by atoms with Crippen LogP contribution in [0.15, 0.2) is 18.2 Å². The maximum atomic E-state index is 12.0. The molecule has 1 heterocycles. The Morgan fingerprint density at radius 2 is 2.17 bits per heavy atom. The summed E-state index contributed by atoms with van der Waals surface area (Å²) in [4.78, 5) is 12.0. The molecule has 1 amide bonds. The van der Waals surface area contributed by atoms with Crippen LogP contribution in [-0.2, 0) is 17.8 Å². The highest BCUT2D eigenvalue weighted by Gasteiger charge is 2.18. The number of nitrogens with one attached hydrogen (secondary N) is 2. The summed E-state index contributed by atoms with van der Waals surface area (Å²) in [7, 11) is 0. The fourth-order valence-electron chi connectivity index (χ4n) is 2.31. The lowest BCUT2D eigenvalue weighted by Crippen LogP contribution is -2.26. The molecule has 18 heavy (non-hydrogen) atoms. The summed E-state index contributed by atoms with van der Waals surface area (Å²) in [5.41, 5.74) is 3.58. The summed E-state index contributed by atoms with van der Waals surface area (Å²) >= 11 is 0. The summed E-state index contributed by atoms with van der Waals surface area (Å²) in [6, 6.07) is 6.17. The number of benzene rings is 1. The number of rotatable bonds is 2. The maximum absolute atomic E-state index is 12.0. The maximum Gasteiger partial charge on any atom is 0.224 e. The minimum atomic E-state index is 0.0250. The van der Waals surface area contributed by atoms with Gasteiger partial charge < -0.3 is 10.6 Å². The SMILES string of the molecule is CC(C)(C)CC(=O)Nc1cccc2c1CNCC2. The van der Waals surface area contributed by atoms with Gasteiger partial charge in [-0.25, -0.2) is 0 Å². The fraction of sp³-hybridized carbons (Fsp3) is 0.533. The Balaban J connectivity index is 2.12. The first kappa shape index (κ1) is 13.1. The van der Waals surface area contributed by atoms with Gasteiger partial charge in [-0.2, -0.15) is 0 Å². The molecule has 0 saturated heterocycles. The molecule has 0 unspecified atom stereocenters. The largest absolute Gasteiger partial charge is 0.326 e. The van der Waals surface area contributed by atoms with Gasteiger partial charge in [0.25, 0.3) is 0 Å². The highest BCUT2D eigenvalue weighted by molar-refractivity contribution is 5.92. The van der Waals surface area contributed by atoms with E-state index in [-0.39, 0.29) is 11.3 Å². The van der Waals surface area contributed by atoms with Gasteiger partial charge >= 0.3 is 0 Å². The second-order valence-electron chi connectivity index (χ2n) is 6.16. The summed E-state index contributed by atoms with van der Waals surface area (Å²) in [5.74, 6) is 0.0986. The van der Waals surface area contributed by atoms with Crippen molar-refractivity contribution in [3.8, 4) is 0 Å². The Hall–Kier alpha value is -1.35. The number of anilines is 1. The molecular weight excluding hydrogens is 224 g/mol. The molecule has 98 valence electrons. The van der Waals surface area contributed by atoms with Crippen molar-refractivity contribution in [2.24, 2.45) is 5.41 Å². The number of carbonyl (C=O) groups excluding carboxylic acids is 1. The third kappa shape index (κ3) is 3.33. The zero-order valence-corrected chi connectivity index (χ0v) is 11.5. The Bertz CT molecular complexity index is 446. The van der Waals surface area contributed by atoms with Crippen LogP contribution in [0.2, 0.25) is 0 Å². The molecule has 1 aliphatic rings. The van der Waals surface area contributed by atoms with Gasteiger partial charge in [0.1, 0.15) is 0 Å². The highest BCUT2D eigenvalue weighted by Crippen LogP contribution is 2.25. The Labute approximate surface area is 109 Å². The molecule has 0 bridgehead atoms. The molecule has 3 heteroatoms. The van der Waals surface area contributed by atoms with Crippen molar-refractivity contribution in [1.29, 1.82) is 0 Å². The molecule has 0 saturated carbocycles. The van der Waals surface area contributed by atoms with Gasteiger partial charge in [-0.15, -0.1) is 0 Å². The molecule has 1 aliphatic heterocycles. The minimum Gasteiger partial charge on any atom is -0.326 e.